The predicted octanol–water partition coefficient (Wildman–Crippen LogP) is 4.54. The zero-order chi connectivity index (χ0) is 25.8. The molecule has 1 aliphatic rings. The number of carbonyl (C=O) groups excluding carboxylic acids is 2. The van der Waals surface area contributed by atoms with E-state index < -0.39 is 28.5 Å². The molecule has 3 rings (SSSR count). The second-order valence-corrected chi connectivity index (χ2v) is 11.8. The van der Waals surface area contributed by atoms with Gasteiger partial charge in [0.2, 0.25) is 21.8 Å². The topological polar surface area (TPSA) is 86.8 Å². The van der Waals surface area contributed by atoms with Gasteiger partial charge in [-0.2, -0.15) is 0 Å². The van der Waals surface area contributed by atoms with Gasteiger partial charge in [-0.05, 0) is 56.5 Å². The van der Waals surface area contributed by atoms with E-state index in [2.05, 4.69) is 5.32 Å². The van der Waals surface area contributed by atoms with Crippen LogP contribution < -0.4 is 9.62 Å². The van der Waals surface area contributed by atoms with Gasteiger partial charge in [0.15, 0.2) is 0 Å². The summed E-state index contributed by atoms with van der Waals surface area (Å²) in [6, 6.07) is 11.0. The molecule has 0 heterocycles. The molecule has 1 saturated carbocycles. The Bertz CT molecular complexity index is 1170. The summed E-state index contributed by atoms with van der Waals surface area (Å²) in [7, 11) is -3.77. The number of hydrogen-bond donors (Lipinski definition) is 1. The summed E-state index contributed by atoms with van der Waals surface area (Å²) in [5.74, 6) is -0.798. The van der Waals surface area contributed by atoms with Crippen LogP contribution in [0.15, 0.2) is 42.5 Å². The average Bonchev–Trinajstić information content (AvgIpc) is 3.29. The fraction of sp³-hybridized carbons (Fsp3) is 0.440. The monoisotopic (exact) mass is 539 g/mol. The van der Waals surface area contributed by atoms with Crippen LogP contribution in [0.3, 0.4) is 0 Å². The molecule has 35 heavy (non-hydrogen) atoms. The third-order valence-corrected chi connectivity index (χ3v) is 7.95. The Morgan fingerprint density at radius 2 is 1.71 bits per heavy atom. The third-order valence-electron chi connectivity index (χ3n) is 6.23. The molecular weight excluding hydrogens is 509 g/mol. The van der Waals surface area contributed by atoms with Crippen molar-refractivity contribution >= 4 is 50.7 Å². The van der Waals surface area contributed by atoms with E-state index >= 15 is 0 Å². The molecule has 0 spiro atoms. The summed E-state index contributed by atoms with van der Waals surface area (Å²) in [6.45, 7) is 3.11. The minimum absolute atomic E-state index is 0.0274. The Hall–Kier alpha value is -2.29. The van der Waals surface area contributed by atoms with Crippen molar-refractivity contribution in [1.29, 1.82) is 0 Å². The van der Waals surface area contributed by atoms with Crippen LogP contribution in [0.4, 0.5) is 5.69 Å². The Balaban J connectivity index is 1.89. The van der Waals surface area contributed by atoms with Crippen LogP contribution in [-0.4, -0.2) is 50.0 Å². The fourth-order valence-electron chi connectivity index (χ4n) is 4.13. The van der Waals surface area contributed by atoms with E-state index in [-0.39, 0.29) is 18.5 Å². The summed E-state index contributed by atoms with van der Waals surface area (Å²) in [4.78, 5) is 28.0. The summed E-state index contributed by atoms with van der Waals surface area (Å²) in [5, 5.41) is 3.83. The maximum absolute atomic E-state index is 13.6. The number of carbonyl (C=O) groups is 2. The van der Waals surface area contributed by atoms with Crippen LogP contribution in [0.25, 0.3) is 0 Å². The Kier molecular flexibility index (Phi) is 9.07. The second-order valence-electron chi connectivity index (χ2n) is 9.03. The molecule has 1 fully saturated rings. The molecule has 0 aliphatic heterocycles. The number of amides is 2. The van der Waals surface area contributed by atoms with Crippen molar-refractivity contribution in [2.45, 2.75) is 58.2 Å². The van der Waals surface area contributed by atoms with Crippen molar-refractivity contribution in [2.75, 3.05) is 17.1 Å². The molecule has 2 aromatic rings. The molecule has 2 amide bonds. The number of benzene rings is 2. The summed E-state index contributed by atoms with van der Waals surface area (Å²) >= 11 is 12.4. The highest BCUT2D eigenvalue weighted by Crippen LogP contribution is 2.25. The maximum Gasteiger partial charge on any atom is 0.244 e. The van der Waals surface area contributed by atoms with Crippen LogP contribution in [0, 0.1) is 6.92 Å². The highest BCUT2D eigenvalue weighted by Gasteiger charge is 2.31. The van der Waals surface area contributed by atoms with Crippen LogP contribution in [-0.2, 0) is 26.2 Å². The molecule has 190 valence electrons. The number of anilines is 1. The highest BCUT2D eigenvalue weighted by atomic mass is 35.5. The number of rotatable bonds is 9. The van der Waals surface area contributed by atoms with Crippen LogP contribution in [0.2, 0.25) is 10.0 Å². The third kappa shape index (κ3) is 7.35. The molecule has 10 heteroatoms. The van der Waals surface area contributed by atoms with E-state index in [0.29, 0.717) is 21.3 Å². The van der Waals surface area contributed by atoms with Crippen molar-refractivity contribution in [1.82, 2.24) is 10.2 Å². The lowest BCUT2D eigenvalue weighted by molar-refractivity contribution is -0.139. The van der Waals surface area contributed by atoms with Crippen molar-refractivity contribution in [3.8, 4) is 0 Å². The lowest BCUT2D eigenvalue weighted by atomic mass is 10.1. The first-order valence-electron chi connectivity index (χ1n) is 11.5. The van der Waals surface area contributed by atoms with E-state index in [9.17, 15) is 18.0 Å². The van der Waals surface area contributed by atoms with Gasteiger partial charge in [-0.15, -0.1) is 0 Å². The molecule has 0 unspecified atom stereocenters. The van der Waals surface area contributed by atoms with Crippen molar-refractivity contribution in [3.05, 3.63) is 63.6 Å². The van der Waals surface area contributed by atoms with Gasteiger partial charge < -0.3 is 10.2 Å². The van der Waals surface area contributed by atoms with E-state index in [1.807, 2.05) is 6.92 Å². The molecule has 1 aliphatic carbocycles. The standard InChI is InChI=1S/C25H31Cl2N3O4S/c1-17-8-12-22(13-9-17)30(35(3,33)34)16-24(31)29(15-19-10-11-20(26)14-23(19)27)18(2)25(32)28-21-6-4-5-7-21/h8-14,18,21H,4-7,15-16H2,1-3H3,(H,28,32)/t18-/m1/s1. The van der Waals surface area contributed by atoms with E-state index in [4.69, 9.17) is 23.2 Å². The zero-order valence-electron chi connectivity index (χ0n) is 20.1. The first-order valence-corrected chi connectivity index (χ1v) is 14.1. The highest BCUT2D eigenvalue weighted by molar-refractivity contribution is 7.92. The Morgan fingerprint density at radius 3 is 2.29 bits per heavy atom. The number of hydrogen-bond acceptors (Lipinski definition) is 4. The Labute approximate surface area is 217 Å². The number of aryl methyl sites for hydroxylation is 1. The molecule has 7 nitrogen and oxygen atoms in total. The van der Waals surface area contributed by atoms with Crippen LogP contribution >= 0.6 is 23.2 Å². The Morgan fingerprint density at radius 1 is 1.09 bits per heavy atom. The lowest BCUT2D eigenvalue weighted by Crippen LogP contribution is -2.52. The molecule has 0 radical (unpaired) electrons. The van der Waals surface area contributed by atoms with E-state index in [0.717, 1.165) is 41.8 Å². The summed E-state index contributed by atoms with van der Waals surface area (Å²) < 4.78 is 26.2. The molecule has 0 aromatic heterocycles. The maximum atomic E-state index is 13.6. The summed E-state index contributed by atoms with van der Waals surface area (Å²) in [6.07, 6.45) is 4.98. The van der Waals surface area contributed by atoms with Crippen LogP contribution in [0.1, 0.15) is 43.7 Å². The van der Waals surface area contributed by atoms with Gasteiger partial charge in [0.25, 0.3) is 0 Å². The summed E-state index contributed by atoms with van der Waals surface area (Å²) in [5.41, 5.74) is 1.94. The zero-order valence-corrected chi connectivity index (χ0v) is 22.5. The van der Waals surface area contributed by atoms with Crippen LogP contribution in [0.5, 0.6) is 0 Å². The van der Waals surface area contributed by atoms with Gasteiger partial charge in [-0.3, -0.25) is 13.9 Å². The van der Waals surface area contributed by atoms with Gasteiger partial charge >= 0.3 is 0 Å². The number of nitrogens with one attached hydrogen (secondary N) is 1. The van der Waals surface area contributed by atoms with Gasteiger partial charge in [0, 0.05) is 22.6 Å². The van der Waals surface area contributed by atoms with Gasteiger partial charge in [0.1, 0.15) is 12.6 Å². The van der Waals surface area contributed by atoms with E-state index in [1.165, 1.54) is 4.90 Å². The number of halogens is 2. The van der Waals surface area contributed by atoms with Crippen molar-refractivity contribution < 1.29 is 18.0 Å². The molecule has 1 atom stereocenters. The van der Waals surface area contributed by atoms with Gasteiger partial charge in [-0.1, -0.05) is 59.8 Å². The molecule has 0 saturated heterocycles. The first-order chi connectivity index (χ1) is 16.5. The normalized spacial score (nSPS) is 15.0. The van der Waals surface area contributed by atoms with Gasteiger partial charge in [0.05, 0.1) is 11.9 Å². The lowest BCUT2D eigenvalue weighted by Gasteiger charge is -2.32. The predicted molar refractivity (Wildman–Crippen MR) is 140 cm³/mol. The number of sulfonamides is 1. The fourth-order valence-corrected chi connectivity index (χ4v) is 5.45. The minimum Gasteiger partial charge on any atom is -0.352 e. The molecule has 0 bridgehead atoms. The van der Waals surface area contributed by atoms with Crippen molar-refractivity contribution in [3.63, 3.8) is 0 Å². The SMILES string of the molecule is Cc1ccc(N(CC(=O)N(Cc2ccc(Cl)cc2Cl)[C@H](C)C(=O)NC2CCCC2)S(C)(=O)=O)cc1. The molecular formula is C25H31Cl2N3O4S. The smallest absolute Gasteiger partial charge is 0.244 e. The first kappa shape index (κ1) is 27.3. The van der Waals surface area contributed by atoms with Crippen molar-refractivity contribution in [2.24, 2.45) is 0 Å². The molecule has 2 aromatic carbocycles. The van der Waals surface area contributed by atoms with E-state index in [1.54, 1.807) is 49.4 Å². The number of nitrogens with zero attached hydrogens (tertiary/aromatic N) is 2. The average molecular weight is 541 g/mol. The largest absolute Gasteiger partial charge is 0.352 e. The minimum atomic E-state index is -3.77. The quantitative estimate of drug-likeness (QED) is 0.506. The molecule has 1 N–H and O–H groups in total. The second kappa shape index (κ2) is 11.6. The van der Waals surface area contributed by atoms with Gasteiger partial charge in [-0.25, -0.2) is 8.42 Å².